The van der Waals surface area contributed by atoms with Crippen LogP contribution in [0.1, 0.15) is 24.0 Å². The number of hydrogen-bond acceptors (Lipinski definition) is 7. The Morgan fingerprint density at radius 1 is 0.794 bits per heavy atom. The minimum atomic E-state index is 0.592. The summed E-state index contributed by atoms with van der Waals surface area (Å²) >= 11 is 0. The van der Waals surface area contributed by atoms with E-state index in [0.29, 0.717) is 23.9 Å². The predicted molar refractivity (Wildman–Crippen MR) is 134 cm³/mol. The van der Waals surface area contributed by atoms with Crippen molar-refractivity contribution in [1.29, 1.82) is 0 Å². The molecule has 1 N–H and O–H groups in total. The largest absolute Gasteiger partial charge is 0.497 e. The summed E-state index contributed by atoms with van der Waals surface area (Å²) in [6.07, 6.45) is 0. The van der Waals surface area contributed by atoms with Crippen molar-refractivity contribution in [3.63, 3.8) is 0 Å². The fraction of sp³-hybridized carbons (Fsp3) is 0.308. The molecule has 0 fully saturated rings. The Hall–Kier alpha value is -3.94. The molecule has 2 heterocycles. The molecule has 8 nitrogen and oxygen atoms in total. The number of hydrogen-bond donors (Lipinski definition) is 1. The van der Waals surface area contributed by atoms with Gasteiger partial charge >= 0.3 is 0 Å². The van der Waals surface area contributed by atoms with Gasteiger partial charge in [0, 0.05) is 52.1 Å². The first-order valence-corrected chi connectivity index (χ1v) is 11.1. The molecule has 2 aromatic heterocycles. The smallest absolute Gasteiger partial charge is 0.162 e. The first-order valence-electron chi connectivity index (χ1n) is 11.1. The molecular formula is C26H30N4O4. The van der Waals surface area contributed by atoms with Crippen LogP contribution in [0.4, 0.5) is 11.5 Å². The number of aryl methyl sites for hydroxylation is 3. The maximum atomic E-state index is 5.72. The van der Waals surface area contributed by atoms with Crippen molar-refractivity contribution in [1.82, 2.24) is 14.8 Å². The summed E-state index contributed by atoms with van der Waals surface area (Å²) in [6.45, 7) is 8.68. The number of rotatable bonds is 8. The topological polar surface area (TPSA) is 79.7 Å². The van der Waals surface area contributed by atoms with Gasteiger partial charge in [-0.25, -0.2) is 0 Å². The quantitative estimate of drug-likeness (QED) is 0.370. The van der Waals surface area contributed by atoms with Crippen molar-refractivity contribution >= 4 is 22.3 Å². The number of benzene rings is 2. The molecule has 0 aliphatic carbocycles. The van der Waals surface area contributed by atoms with Gasteiger partial charge in [0.05, 0.1) is 39.3 Å². The van der Waals surface area contributed by atoms with E-state index in [1.54, 1.807) is 21.3 Å². The van der Waals surface area contributed by atoms with E-state index < -0.39 is 0 Å². The van der Waals surface area contributed by atoms with Gasteiger partial charge in [-0.15, -0.1) is 5.10 Å². The van der Waals surface area contributed by atoms with Crippen LogP contribution in [-0.2, 0) is 0 Å². The molecular weight excluding hydrogens is 432 g/mol. The normalized spacial score (nSPS) is 10.9. The molecule has 0 radical (unpaired) electrons. The molecule has 0 spiro atoms. The zero-order valence-electron chi connectivity index (χ0n) is 20.6. The van der Waals surface area contributed by atoms with Crippen molar-refractivity contribution in [2.75, 3.05) is 33.3 Å². The summed E-state index contributed by atoms with van der Waals surface area (Å²) in [4.78, 5) is 0. The second-order valence-corrected chi connectivity index (χ2v) is 7.88. The van der Waals surface area contributed by atoms with Crippen LogP contribution in [-0.4, -0.2) is 42.7 Å². The maximum absolute atomic E-state index is 5.72. The number of ether oxygens (including phenoxy) is 4. The molecule has 0 atom stereocenters. The highest BCUT2D eigenvalue weighted by atomic mass is 16.5. The van der Waals surface area contributed by atoms with Crippen LogP contribution in [0.2, 0.25) is 0 Å². The number of anilines is 2. The second kappa shape index (κ2) is 9.51. The average molecular weight is 463 g/mol. The van der Waals surface area contributed by atoms with Gasteiger partial charge in [0.2, 0.25) is 0 Å². The van der Waals surface area contributed by atoms with Crippen LogP contribution in [0.5, 0.6) is 23.0 Å². The maximum Gasteiger partial charge on any atom is 0.162 e. The molecule has 8 heteroatoms. The van der Waals surface area contributed by atoms with E-state index >= 15 is 0 Å². The van der Waals surface area contributed by atoms with Gasteiger partial charge < -0.3 is 28.8 Å². The lowest BCUT2D eigenvalue weighted by molar-refractivity contribution is 0.336. The molecule has 34 heavy (non-hydrogen) atoms. The minimum absolute atomic E-state index is 0.592. The molecule has 0 unspecified atom stereocenters. The lowest BCUT2D eigenvalue weighted by Crippen LogP contribution is -2.03. The Balaban J connectivity index is 1.89. The van der Waals surface area contributed by atoms with Gasteiger partial charge in [-0.2, -0.15) is 5.10 Å². The molecule has 0 aliphatic heterocycles. The number of fused-ring (bicyclic) bond motifs is 1. The second-order valence-electron chi connectivity index (χ2n) is 7.88. The van der Waals surface area contributed by atoms with Crippen LogP contribution in [0.15, 0.2) is 36.4 Å². The summed E-state index contributed by atoms with van der Waals surface area (Å²) in [5.74, 6) is 3.51. The van der Waals surface area contributed by atoms with Gasteiger partial charge in [-0.3, -0.25) is 0 Å². The third-order valence-corrected chi connectivity index (χ3v) is 5.86. The van der Waals surface area contributed by atoms with Crippen molar-refractivity contribution in [2.45, 2.75) is 27.7 Å². The lowest BCUT2D eigenvalue weighted by atomic mass is 10.1. The summed E-state index contributed by atoms with van der Waals surface area (Å²) in [6, 6.07) is 11.5. The van der Waals surface area contributed by atoms with E-state index in [1.165, 1.54) is 0 Å². The molecule has 0 saturated carbocycles. The standard InChI is InChI=1S/C26H30N4O4/c1-8-34-19-9-10-22(23(14-19)33-7)30-16(3)24-15(2)28-29-26(25(24)17(30)4)27-18-11-20(31-5)13-21(12-18)32-6/h9-14H,8H2,1-7H3,(H,27,29). The highest BCUT2D eigenvalue weighted by Crippen LogP contribution is 2.39. The Kier molecular flexibility index (Phi) is 6.49. The van der Waals surface area contributed by atoms with E-state index in [2.05, 4.69) is 33.9 Å². The van der Waals surface area contributed by atoms with Crippen LogP contribution >= 0.6 is 0 Å². The van der Waals surface area contributed by atoms with Gasteiger partial charge in [-0.05, 0) is 39.8 Å². The first kappa shape index (κ1) is 23.2. The number of nitrogens with zero attached hydrogens (tertiary/aromatic N) is 3. The van der Waals surface area contributed by atoms with Crippen LogP contribution in [0, 0.1) is 20.8 Å². The number of nitrogens with one attached hydrogen (secondary N) is 1. The van der Waals surface area contributed by atoms with Crippen molar-refractivity contribution in [3.8, 4) is 28.7 Å². The third kappa shape index (κ3) is 4.07. The molecule has 178 valence electrons. The fourth-order valence-corrected chi connectivity index (χ4v) is 4.36. The Bertz CT molecular complexity index is 1320. The average Bonchev–Trinajstić information content (AvgIpc) is 3.11. The Morgan fingerprint density at radius 3 is 2.09 bits per heavy atom. The van der Waals surface area contributed by atoms with Gasteiger partial charge in [0.25, 0.3) is 0 Å². The van der Waals surface area contributed by atoms with E-state index in [0.717, 1.165) is 50.7 Å². The van der Waals surface area contributed by atoms with Crippen LogP contribution < -0.4 is 24.3 Å². The summed E-state index contributed by atoms with van der Waals surface area (Å²) in [7, 11) is 4.92. The van der Waals surface area contributed by atoms with Crippen LogP contribution in [0.25, 0.3) is 16.5 Å². The highest BCUT2D eigenvalue weighted by molar-refractivity contribution is 5.99. The van der Waals surface area contributed by atoms with Gasteiger partial charge in [0.15, 0.2) is 5.82 Å². The molecule has 0 bridgehead atoms. The van der Waals surface area contributed by atoms with E-state index in [9.17, 15) is 0 Å². The highest BCUT2D eigenvalue weighted by Gasteiger charge is 2.21. The zero-order chi connectivity index (χ0) is 24.4. The van der Waals surface area contributed by atoms with Crippen LogP contribution in [0.3, 0.4) is 0 Å². The fourth-order valence-electron chi connectivity index (χ4n) is 4.36. The summed E-state index contributed by atoms with van der Waals surface area (Å²) < 4.78 is 24.4. The molecule has 2 aromatic carbocycles. The number of methoxy groups -OCH3 is 3. The SMILES string of the molecule is CCOc1ccc(-n2c(C)c3c(C)nnc(Nc4cc(OC)cc(OC)c4)c3c2C)c(OC)c1. The number of aromatic nitrogens is 3. The Morgan fingerprint density at radius 2 is 1.47 bits per heavy atom. The van der Waals surface area contributed by atoms with E-state index in [-0.39, 0.29) is 0 Å². The Labute approximate surface area is 199 Å². The third-order valence-electron chi connectivity index (χ3n) is 5.86. The molecule has 4 aromatic rings. The monoisotopic (exact) mass is 462 g/mol. The summed E-state index contributed by atoms with van der Waals surface area (Å²) in [5, 5.41) is 14.4. The van der Waals surface area contributed by atoms with Gasteiger partial charge in [0.1, 0.15) is 23.0 Å². The van der Waals surface area contributed by atoms with Crippen molar-refractivity contribution in [3.05, 3.63) is 53.5 Å². The zero-order valence-corrected chi connectivity index (χ0v) is 20.6. The molecule has 0 amide bonds. The lowest BCUT2D eigenvalue weighted by Gasteiger charge is -2.15. The van der Waals surface area contributed by atoms with Gasteiger partial charge in [-0.1, -0.05) is 0 Å². The molecule has 0 aliphatic rings. The molecule has 0 saturated heterocycles. The minimum Gasteiger partial charge on any atom is -0.497 e. The van der Waals surface area contributed by atoms with Crippen molar-refractivity contribution in [2.24, 2.45) is 0 Å². The van der Waals surface area contributed by atoms with E-state index in [4.69, 9.17) is 18.9 Å². The predicted octanol–water partition coefficient (Wildman–Crippen LogP) is 5.51. The molecule has 4 rings (SSSR count). The van der Waals surface area contributed by atoms with E-state index in [1.807, 2.05) is 50.2 Å². The summed E-state index contributed by atoms with van der Waals surface area (Å²) in [5.41, 5.74) is 4.64. The van der Waals surface area contributed by atoms with Crippen molar-refractivity contribution < 1.29 is 18.9 Å². The first-order chi connectivity index (χ1) is 16.4.